The van der Waals surface area contributed by atoms with E-state index in [0.717, 1.165) is 5.56 Å². The normalized spacial score (nSPS) is 10.7. The minimum Gasteiger partial charge on any atom is -0.395 e. The predicted octanol–water partition coefficient (Wildman–Crippen LogP) is 1.65. The highest BCUT2D eigenvalue weighted by atomic mass is 19.1. The van der Waals surface area contributed by atoms with Gasteiger partial charge in [0.05, 0.1) is 13.2 Å². The number of benzene rings is 1. The summed E-state index contributed by atoms with van der Waals surface area (Å²) < 4.78 is 12.8. The molecule has 1 amide bonds. The molecule has 0 unspecified atom stereocenters. The molecule has 0 radical (unpaired) electrons. The highest BCUT2D eigenvalue weighted by Crippen LogP contribution is 2.09. The highest BCUT2D eigenvalue weighted by molar-refractivity contribution is 5.92. The van der Waals surface area contributed by atoms with Crippen LogP contribution < -0.4 is 5.32 Å². The molecule has 0 atom stereocenters. The second kappa shape index (κ2) is 8.21. The second-order valence-electron chi connectivity index (χ2n) is 4.85. The van der Waals surface area contributed by atoms with Gasteiger partial charge in [0.1, 0.15) is 5.82 Å². The SMILES string of the molecule is O=C(CN(CCO)Cc1cccnc1)Nc1ccc(F)cc1. The molecule has 1 aromatic heterocycles. The Balaban J connectivity index is 1.92. The third-order valence-electron chi connectivity index (χ3n) is 3.04. The van der Waals surface area contributed by atoms with Crippen LogP contribution in [0.5, 0.6) is 0 Å². The average Bonchev–Trinajstić information content (AvgIpc) is 2.51. The van der Waals surface area contributed by atoms with Gasteiger partial charge in [-0.1, -0.05) is 6.07 Å². The minimum atomic E-state index is -0.350. The van der Waals surface area contributed by atoms with Crippen molar-refractivity contribution in [2.45, 2.75) is 6.54 Å². The first-order valence-electron chi connectivity index (χ1n) is 6.95. The quantitative estimate of drug-likeness (QED) is 0.816. The van der Waals surface area contributed by atoms with Crippen LogP contribution in [-0.2, 0) is 11.3 Å². The molecular formula is C16H18FN3O2. The van der Waals surface area contributed by atoms with E-state index in [0.29, 0.717) is 18.8 Å². The van der Waals surface area contributed by atoms with Gasteiger partial charge in [0.2, 0.25) is 5.91 Å². The number of pyridine rings is 1. The summed E-state index contributed by atoms with van der Waals surface area (Å²) in [6.07, 6.45) is 3.41. The largest absolute Gasteiger partial charge is 0.395 e. The van der Waals surface area contributed by atoms with Gasteiger partial charge in [-0.2, -0.15) is 0 Å². The van der Waals surface area contributed by atoms with E-state index in [1.54, 1.807) is 12.4 Å². The fourth-order valence-corrected chi connectivity index (χ4v) is 2.04. The maximum Gasteiger partial charge on any atom is 0.238 e. The van der Waals surface area contributed by atoms with Crippen molar-refractivity contribution in [1.82, 2.24) is 9.88 Å². The van der Waals surface area contributed by atoms with Crippen molar-refractivity contribution in [3.63, 3.8) is 0 Å². The maximum absolute atomic E-state index is 12.8. The summed E-state index contributed by atoms with van der Waals surface area (Å²) in [6.45, 7) is 0.994. The Morgan fingerprint density at radius 2 is 2.05 bits per heavy atom. The summed E-state index contributed by atoms with van der Waals surface area (Å²) in [5.74, 6) is -0.569. The summed E-state index contributed by atoms with van der Waals surface area (Å²) >= 11 is 0. The smallest absolute Gasteiger partial charge is 0.238 e. The van der Waals surface area contributed by atoms with E-state index >= 15 is 0 Å². The van der Waals surface area contributed by atoms with Crippen molar-refractivity contribution in [3.8, 4) is 0 Å². The van der Waals surface area contributed by atoms with Gasteiger partial charge in [-0.3, -0.25) is 14.7 Å². The summed E-state index contributed by atoms with van der Waals surface area (Å²) in [4.78, 5) is 17.9. The van der Waals surface area contributed by atoms with Gasteiger partial charge in [-0.05, 0) is 35.9 Å². The van der Waals surface area contributed by atoms with Gasteiger partial charge in [-0.15, -0.1) is 0 Å². The van der Waals surface area contributed by atoms with Crippen molar-refractivity contribution >= 4 is 11.6 Å². The van der Waals surface area contributed by atoms with Crippen LogP contribution in [0.1, 0.15) is 5.56 Å². The van der Waals surface area contributed by atoms with E-state index in [1.807, 2.05) is 17.0 Å². The number of carbonyl (C=O) groups excluding carboxylic acids is 1. The predicted molar refractivity (Wildman–Crippen MR) is 81.6 cm³/mol. The highest BCUT2D eigenvalue weighted by Gasteiger charge is 2.11. The number of hydrogen-bond donors (Lipinski definition) is 2. The topological polar surface area (TPSA) is 65.5 Å². The van der Waals surface area contributed by atoms with Crippen LogP contribution in [0.4, 0.5) is 10.1 Å². The first kappa shape index (κ1) is 16.1. The molecule has 0 aliphatic rings. The summed E-state index contributed by atoms with van der Waals surface area (Å²) in [6, 6.07) is 9.32. The third-order valence-corrected chi connectivity index (χ3v) is 3.04. The lowest BCUT2D eigenvalue weighted by molar-refractivity contribution is -0.117. The molecular weight excluding hydrogens is 285 g/mol. The molecule has 0 bridgehead atoms. The molecule has 1 aromatic carbocycles. The number of aromatic nitrogens is 1. The first-order chi connectivity index (χ1) is 10.7. The average molecular weight is 303 g/mol. The summed E-state index contributed by atoms with van der Waals surface area (Å²) in [5, 5.41) is 11.8. The molecule has 0 spiro atoms. The monoisotopic (exact) mass is 303 g/mol. The fraction of sp³-hybridized carbons (Fsp3) is 0.250. The van der Waals surface area contributed by atoms with Crippen molar-refractivity contribution in [3.05, 3.63) is 60.2 Å². The van der Waals surface area contributed by atoms with Crippen molar-refractivity contribution in [2.24, 2.45) is 0 Å². The van der Waals surface area contributed by atoms with Gasteiger partial charge in [0.15, 0.2) is 0 Å². The Labute approximate surface area is 128 Å². The second-order valence-corrected chi connectivity index (χ2v) is 4.85. The van der Waals surface area contributed by atoms with Crippen LogP contribution in [0, 0.1) is 5.82 Å². The Kier molecular flexibility index (Phi) is 6.00. The van der Waals surface area contributed by atoms with E-state index in [1.165, 1.54) is 24.3 Å². The van der Waals surface area contributed by atoms with Gasteiger partial charge in [0, 0.05) is 31.2 Å². The minimum absolute atomic E-state index is 0.0376. The number of amides is 1. The zero-order chi connectivity index (χ0) is 15.8. The molecule has 1 heterocycles. The number of carbonyl (C=O) groups is 1. The molecule has 0 saturated heterocycles. The summed E-state index contributed by atoms with van der Waals surface area (Å²) in [7, 11) is 0. The Morgan fingerprint density at radius 1 is 1.27 bits per heavy atom. The zero-order valence-corrected chi connectivity index (χ0v) is 12.1. The van der Waals surface area contributed by atoms with Crippen molar-refractivity contribution in [2.75, 3.05) is 25.0 Å². The number of aliphatic hydroxyl groups is 1. The molecule has 22 heavy (non-hydrogen) atoms. The number of nitrogens with zero attached hydrogens (tertiary/aromatic N) is 2. The molecule has 2 aromatic rings. The molecule has 5 nitrogen and oxygen atoms in total. The molecule has 0 aliphatic heterocycles. The Hall–Kier alpha value is -2.31. The molecule has 116 valence electrons. The standard InChI is InChI=1S/C16H18FN3O2/c17-14-3-5-15(6-4-14)19-16(22)12-20(8-9-21)11-13-2-1-7-18-10-13/h1-7,10,21H,8-9,11-12H2,(H,19,22). The maximum atomic E-state index is 12.8. The van der Waals surface area contributed by atoms with E-state index in [2.05, 4.69) is 10.3 Å². The van der Waals surface area contributed by atoms with Gasteiger partial charge in [0.25, 0.3) is 0 Å². The van der Waals surface area contributed by atoms with Crippen molar-refractivity contribution in [1.29, 1.82) is 0 Å². The molecule has 2 N–H and O–H groups in total. The number of halogens is 1. The van der Waals surface area contributed by atoms with Gasteiger partial charge < -0.3 is 10.4 Å². The Bertz CT molecular complexity index is 590. The third kappa shape index (κ3) is 5.23. The van der Waals surface area contributed by atoms with Gasteiger partial charge >= 0.3 is 0 Å². The van der Waals surface area contributed by atoms with E-state index in [9.17, 15) is 9.18 Å². The lowest BCUT2D eigenvalue weighted by Gasteiger charge is -2.20. The molecule has 0 aliphatic carbocycles. The van der Waals surface area contributed by atoms with Crippen LogP contribution in [-0.4, -0.2) is 40.6 Å². The number of hydrogen-bond acceptors (Lipinski definition) is 4. The number of nitrogens with one attached hydrogen (secondary N) is 1. The van der Waals surface area contributed by atoms with Crippen LogP contribution in [0.2, 0.25) is 0 Å². The van der Waals surface area contributed by atoms with E-state index < -0.39 is 0 Å². The lowest BCUT2D eigenvalue weighted by atomic mass is 10.2. The lowest BCUT2D eigenvalue weighted by Crippen LogP contribution is -2.34. The van der Waals surface area contributed by atoms with Crippen molar-refractivity contribution < 1.29 is 14.3 Å². The van der Waals surface area contributed by atoms with Crippen LogP contribution in [0.25, 0.3) is 0 Å². The Morgan fingerprint density at radius 3 is 2.68 bits per heavy atom. The molecule has 0 fully saturated rings. The van der Waals surface area contributed by atoms with Crippen LogP contribution in [0.15, 0.2) is 48.8 Å². The number of aliphatic hydroxyl groups excluding tert-OH is 1. The summed E-state index contributed by atoms with van der Waals surface area (Å²) in [5.41, 5.74) is 1.50. The number of rotatable bonds is 7. The first-order valence-corrected chi connectivity index (χ1v) is 6.95. The molecule has 0 saturated carbocycles. The van der Waals surface area contributed by atoms with E-state index in [4.69, 9.17) is 5.11 Å². The molecule has 2 rings (SSSR count). The molecule has 6 heteroatoms. The fourth-order valence-electron chi connectivity index (χ4n) is 2.04. The zero-order valence-electron chi connectivity index (χ0n) is 12.1. The van der Waals surface area contributed by atoms with Crippen LogP contribution in [0.3, 0.4) is 0 Å². The van der Waals surface area contributed by atoms with Gasteiger partial charge in [-0.25, -0.2) is 4.39 Å². The van der Waals surface area contributed by atoms with Crippen LogP contribution >= 0.6 is 0 Å². The van der Waals surface area contributed by atoms with E-state index in [-0.39, 0.29) is 24.9 Å². The number of anilines is 1.